The molecule has 2 aromatic carbocycles. The first-order valence-electron chi connectivity index (χ1n) is 5.34. The van der Waals surface area contributed by atoms with E-state index in [4.69, 9.17) is 13.6 Å². The van der Waals surface area contributed by atoms with Gasteiger partial charge in [-0.1, -0.05) is 42.5 Å². The summed E-state index contributed by atoms with van der Waals surface area (Å²) in [6.45, 7) is 0.501. The van der Waals surface area contributed by atoms with Gasteiger partial charge in [-0.2, -0.15) is 0 Å². The Morgan fingerprint density at radius 2 is 1.41 bits per heavy atom. The number of para-hydroxylation sites is 2. The van der Waals surface area contributed by atoms with Crippen LogP contribution in [0.5, 0.6) is 11.5 Å². The molecule has 1 aliphatic heterocycles. The van der Waals surface area contributed by atoms with Gasteiger partial charge in [0, 0.05) is 0 Å². The standard InChI is InChI=1S/C13H11O3P/c1-2-6-11(7-3-1)10-14-17-15-12-8-4-5-9-13(12)16-17/h1-9H,10H2. The zero-order chi connectivity index (χ0) is 11.5. The maximum absolute atomic E-state index is 5.59. The van der Waals surface area contributed by atoms with Gasteiger partial charge in [-0.25, -0.2) is 0 Å². The SMILES string of the molecule is c1ccc(COP2Oc3ccccc3O2)cc1. The van der Waals surface area contributed by atoms with Gasteiger partial charge in [0.05, 0.1) is 6.61 Å². The third-order valence-corrected chi connectivity index (χ3v) is 3.41. The summed E-state index contributed by atoms with van der Waals surface area (Å²) in [5.74, 6) is 1.51. The van der Waals surface area contributed by atoms with Crippen molar-refractivity contribution in [2.24, 2.45) is 0 Å². The highest BCUT2D eigenvalue weighted by Gasteiger charge is 2.27. The normalized spacial score (nSPS) is 13.9. The van der Waals surface area contributed by atoms with Crippen LogP contribution in [0.25, 0.3) is 0 Å². The lowest BCUT2D eigenvalue weighted by molar-refractivity contribution is 0.273. The zero-order valence-electron chi connectivity index (χ0n) is 9.08. The van der Waals surface area contributed by atoms with Crippen molar-refractivity contribution < 1.29 is 13.6 Å². The van der Waals surface area contributed by atoms with Crippen molar-refractivity contribution in [2.45, 2.75) is 6.61 Å². The highest BCUT2D eigenvalue weighted by Crippen LogP contribution is 2.52. The number of hydrogen-bond acceptors (Lipinski definition) is 3. The van der Waals surface area contributed by atoms with Crippen LogP contribution in [-0.4, -0.2) is 0 Å². The van der Waals surface area contributed by atoms with E-state index < -0.39 is 8.60 Å². The topological polar surface area (TPSA) is 27.7 Å². The second-order valence-corrected chi connectivity index (χ2v) is 4.68. The molecule has 1 heterocycles. The maximum Gasteiger partial charge on any atom is 0.463 e. The fraction of sp³-hybridized carbons (Fsp3) is 0.0769. The predicted molar refractivity (Wildman–Crippen MR) is 65.8 cm³/mol. The Bertz CT molecular complexity index is 476. The van der Waals surface area contributed by atoms with Crippen molar-refractivity contribution in [2.75, 3.05) is 0 Å². The van der Waals surface area contributed by atoms with Crippen LogP contribution in [-0.2, 0) is 11.1 Å². The third kappa shape index (κ3) is 2.41. The molecular weight excluding hydrogens is 235 g/mol. The molecule has 4 heteroatoms. The van der Waals surface area contributed by atoms with E-state index in [-0.39, 0.29) is 0 Å². The van der Waals surface area contributed by atoms with Crippen molar-refractivity contribution in [3.8, 4) is 11.5 Å². The summed E-state index contributed by atoms with van der Waals surface area (Å²) in [6, 6.07) is 17.6. The van der Waals surface area contributed by atoms with Crippen LogP contribution in [0, 0.1) is 0 Å². The van der Waals surface area contributed by atoms with Crippen LogP contribution < -0.4 is 9.05 Å². The molecule has 0 atom stereocenters. The van der Waals surface area contributed by atoms with Gasteiger partial charge in [0.25, 0.3) is 0 Å². The van der Waals surface area contributed by atoms with Crippen LogP contribution in [0.3, 0.4) is 0 Å². The first kappa shape index (κ1) is 10.6. The molecule has 0 saturated carbocycles. The molecule has 3 rings (SSSR count). The third-order valence-electron chi connectivity index (χ3n) is 2.37. The molecule has 0 bridgehead atoms. The lowest BCUT2D eigenvalue weighted by Crippen LogP contribution is -1.93. The van der Waals surface area contributed by atoms with E-state index in [1.165, 1.54) is 0 Å². The maximum atomic E-state index is 5.59. The smallest absolute Gasteiger partial charge is 0.414 e. The number of fused-ring (bicyclic) bond motifs is 1. The summed E-state index contributed by atoms with van der Waals surface area (Å²) in [6.07, 6.45) is 0. The van der Waals surface area contributed by atoms with Crippen molar-refractivity contribution in [3.05, 3.63) is 60.2 Å². The van der Waals surface area contributed by atoms with Gasteiger partial charge >= 0.3 is 8.60 Å². The van der Waals surface area contributed by atoms with Gasteiger partial charge in [-0.05, 0) is 17.7 Å². The van der Waals surface area contributed by atoms with Crippen LogP contribution in [0.2, 0.25) is 0 Å². The van der Waals surface area contributed by atoms with Crippen molar-refractivity contribution in [1.82, 2.24) is 0 Å². The minimum Gasteiger partial charge on any atom is -0.414 e. The minimum atomic E-state index is -1.30. The molecule has 86 valence electrons. The van der Waals surface area contributed by atoms with E-state index in [0.717, 1.165) is 17.1 Å². The molecule has 0 amide bonds. The fourth-order valence-electron chi connectivity index (χ4n) is 1.53. The molecule has 0 N–H and O–H groups in total. The Morgan fingerprint density at radius 1 is 0.824 bits per heavy atom. The predicted octanol–water partition coefficient (Wildman–Crippen LogP) is 3.90. The molecule has 1 aliphatic rings. The Morgan fingerprint density at radius 3 is 2.06 bits per heavy atom. The Hall–Kier alpha value is -1.57. The fourth-order valence-corrected chi connectivity index (χ4v) is 2.55. The molecular formula is C13H11O3P. The van der Waals surface area contributed by atoms with Crippen LogP contribution in [0.4, 0.5) is 0 Å². The second kappa shape index (κ2) is 4.74. The van der Waals surface area contributed by atoms with E-state index in [1.54, 1.807) is 0 Å². The summed E-state index contributed by atoms with van der Waals surface area (Å²) in [7, 11) is -1.30. The van der Waals surface area contributed by atoms with Gasteiger partial charge in [-0.3, -0.25) is 4.52 Å². The van der Waals surface area contributed by atoms with Crippen LogP contribution in [0.15, 0.2) is 54.6 Å². The summed E-state index contributed by atoms with van der Waals surface area (Å²) < 4.78 is 16.7. The van der Waals surface area contributed by atoms with Crippen molar-refractivity contribution in [3.63, 3.8) is 0 Å². The molecule has 0 unspecified atom stereocenters. The van der Waals surface area contributed by atoms with Gasteiger partial charge < -0.3 is 9.05 Å². The largest absolute Gasteiger partial charge is 0.463 e. The van der Waals surface area contributed by atoms with E-state index in [9.17, 15) is 0 Å². The van der Waals surface area contributed by atoms with Crippen molar-refractivity contribution in [1.29, 1.82) is 0 Å². The highest BCUT2D eigenvalue weighted by atomic mass is 31.2. The van der Waals surface area contributed by atoms with Gasteiger partial charge in [-0.15, -0.1) is 0 Å². The summed E-state index contributed by atoms with van der Waals surface area (Å²) in [5, 5.41) is 0. The average molecular weight is 246 g/mol. The van der Waals surface area contributed by atoms with Gasteiger partial charge in [0.1, 0.15) is 0 Å². The van der Waals surface area contributed by atoms with Crippen molar-refractivity contribution >= 4 is 8.60 Å². The Labute approximate surface area is 101 Å². The molecule has 0 radical (unpaired) electrons. The van der Waals surface area contributed by atoms with E-state index in [2.05, 4.69) is 0 Å². The Kier molecular flexibility index (Phi) is 2.95. The molecule has 2 aromatic rings. The lowest BCUT2D eigenvalue weighted by atomic mass is 10.2. The lowest BCUT2D eigenvalue weighted by Gasteiger charge is -2.07. The number of rotatable bonds is 3. The Balaban J connectivity index is 1.59. The van der Waals surface area contributed by atoms with E-state index in [0.29, 0.717) is 6.61 Å². The summed E-state index contributed by atoms with van der Waals surface area (Å²) in [5.41, 5.74) is 1.11. The zero-order valence-corrected chi connectivity index (χ0v) is 9.97. The average Bonchev–Trinajstić information content (AvgIpc) is 2.80. The minimum absolute atomic E-state index is 0.501. The van der Waals surface area contributed by atoms with Crippen LogP contribution in [0.1, 0.15) is 5.56 Å². The molecule has 17 heavy (non-hydrogen) atoms. The molecule has 0 aliphatic carbocycles. The van der Waals surface area contributed by atoms with E-state index in [1.807, 2.05) is 54.6 Å². The monoisotopic (exact) mass is 246 g/mol. The molecule has 0 spiro atoms. The first-order chi connectivity index (χ1) is 8.42. The quantitative estimate of drug-likeness (QED) is 0.768. The molecule has 0 saturated heterocycles. The summed E-state index contributed by atoms with van der Waals surface area (Å²) in [4.78, 5) is 0. The molecule has 0 aromatic heterocycles. The van der Waals surface area contributed by atoms with E-state index >= 15 is 0 Å². The second-order valence-electron chi connectivity index (χ2n) is 3.61. The summed E-state index contributed by atoms with van der Waals surface area (Å²) >= 11 is 0. The highest BCUT2D eigenvalue weighted by molar-refractivity contribution is 7.43. The first-order valence-corrected chi connectivity index (χ1v) is 6.43. The number of hydrogen-bond donors (Lipinski definition) is 0. The van der Waals surface area contributed by atoms with Gasteiger partial charge in [0.2, 0.25) is 0 Å². The molecule has 3 nitrogen and oxygen atoms in total. The van der Waals surface area contributed by atoms with Crippen LogP contribution >= 0.6 is 8.60 Å². The number of benzene rings is 2. The van der Waals surface area contributed by atoms with Gasteiger partial charge in [0.15, 0.2) is 11.5 Å². The molecule has 0 fully saturated rings.